The third-order valence-electron chi connectivity index (χ3n) is 4.43. The lowest BCUT2D eigenvalue weighted by atomic mass is 10.1. The molecule has 0 atom stereocenters. The number of imidazole rings is 1. The van der Waals surface area contributed by atoms with Crippen LogP contribution in [0.1, 0.15) is 0 Å². The number of benzene rings is 1. The Balaban J connectivity index is 1.77. The highest BCUT2D eigenvalue weighted by Crippen LogP contribution is 2.28. The number of likely N-dealkylation sites (N-methyl/N-ethyl adjacent to an activating group) is 1. The van der Waals surface area contributed by atoms with Gasteiger partial charge in [-0.3, -0.25) is 4.40 Å². The van der Waals surface area contributed by atoms with Crippen molar-refractivity contribution in [2.24, 2.45) is 0 Å². The molecule has 0 saturated carbocycles. The van der Waals surface area contributed by atoms with Gasteiger partial charge in [-0.2, -0.15) is 0 Å². The Bertz CT molecular complexity index is 886. The van der Waals surface area contributed by atoms with E-state index >= 15 is 0 Å². The van der Waals surface area contributed by atoms with Crippen LogP contribution in [0.3, 0.4) is 0 Å². The van der Waals surface area contributed by atoms with E-state index in [1.54, 1.807) is 24.5 Å². The molecule has 0 unspecified atom stereocenters. The summed E-state index contributed by atoms with van der Waals surface area (Å²) in [5.74, 6) is 0.457. The van der Waals surface area contributed by atoms with Gasteiger partial charge < -0.3 is 9.80 Å². The largest absolute Gasteiger partial charge is 0.351 e. The maximum Gasteiger partial charge on any atom is 0.180 e. The van der Waals surface area contributed by atoms with E-state index in [4.69, 9.17) is 11.6 Å². The minimum Gasteiger partial charge on any atom is -0.351 e. The molecule has 1 aromatic carbocycles. The van der Waals surface area contributed by atoms with Crippen LogP contribution in [0.5, 0.6) is 0 Å². The minimum atomic E-state index is -0.422. The van der Waals surface area contributed by atoms with Crippen molar-refractivity contribution in [3.63, 3.8) is 0 Å². The fourth-order valence-electron chi connectivity index (χ4n) is 3.02. The molecule has 1 aliphatic heterocycles. The minimum absolute atomic E-state index is 0.107. The molecule has 7 heteroatoms. The molecule has 1 aliphatic rings. The number of hydrogen-bond acceptors (Lipinski definition) is 4. The summed E-state index contributed by atoms with van der Waals surface area (Å²) in [4.78, 5) is 13.6. The number of nitrogens with zero attached hydrogens (tertiary/aromatic N) is 5. The van der Waals surface area contributed by atoms with Crippen LogP contribution in [0.15, 0.2) is 36.8 Å². The van der Waals surface area contributed by atoms with E-state index in [9.17, 15) is 4.39 Å². The summed E-state index contributed by atoms with van der Waals surface area (Å²) < 4.78 is 15.4. The van der Waals surface area contributed by atoms with Crippen molar-refractivity contribution in [1.29, 1.82) is 0 Å². The standard InChI is InChI=1S/C17H17ClFN5/c1-22-6-8-23(9-7-22)16-17-21-11-15(24(17)5-4-20-16)12-2-3-14(19)13(18)10-12/h2-5,10-11H,6-9H2,1H3. The van der Waals surface area contributed by atoms with Gasteiger partial charge in [-0.25, -0.2) is 14.4 Å². The van der Waals surface area contributed by atoms with Crippen molar-refractivity contribution in [3.8, 4) is 11.3 Å². The Hall–Kier alpha value is -2.18. The lowest BCUT2D eigenvalue weighted by molar-refractivity contribution is 0.312. The van der Waals surface area contributed by atoms with Crippen LogP contribution in [-0.4, -0.2) is 52.5 Å². The van der Waals surface area contributed by atoms with Gasteiger partial charge in [0, 0.05) is 44.1 Å². The molecule has 24 heavy (non-hydrogen) atoms. The van der Waals surface area contributed by atoms with Crippen LogP contribution < -0.4 is 4.90 Å². The summed E-state index contributed by atoms with van der Waals surface area (Å²) in [6.07, 6.45) is 5.42. The monoisotopic (exact) mass is 345 g/mol. The third kappa shape index (κ3) is 2.61. The zero-order chi connectivity index (χ0) is 16.7. The highest BCUT2D eigenvalue weighted by atomic mass is 35.5. The zero-order valence-electron chi connectivity index (χ0n) is 13.3. The lowest BCUT2D eigenvalue weighted by Crippen LogP contribution is -2.45. The van der Waals surface area contributed by atoms with E-state index in [0.29, 0.717) is 0 Å². The zero-order valence-corrected chi connectivity index (χ0v) is 14.0. The predicted molar refractivity (Wildman–Crippen MR) is 93.1 cm³/mol. The Morgan fingerprint density at radius 3 is 2.67 bits per heavy atom. The Morgan fingerprint density at radius 1 is 1.12 bits per heavy atom. The van der Waals surface area contributed by atoms with E-state index < -0.39 is 5.82 Å². The molecule has 0 bridgehead atoms. The first kappa shape index (κ1) is 15.4. The summed E-state index contributed by atoms with van der Waals surface area (Å²) in [5, 5.41) is 0.107. The van der Waals surface area contributed by atoms with Gasteiger partial charge in [0.05, 0.1) is 16.9 Å². The van der Waals surface area contributed by atoms with Crippen LogP contribution in [0.25, 0.3) is 16.9 Å². The van der Waals surface area contributed by atoms with Crippen LogP contribution in [0.2, 0.25) is 5.02 Å². The first-order valence-corrected chi connectivity index (χ1v) is 8.22. The van der Waals surface area contributed by atoms with Gasteiger partial charge in [-0.1, -0.05) is 11.6 Å². The Kier molecular flexibility index (Phi) is 3.86. The second-order valence-corrected chi connectivity index (χ2v) is 6.41. The van der Waals surface area contributed by atoms with Crippen molar-refractivity contribution in [3.05, 3.63) is 47.6 Å². The molecule has 124 valence electrons. The molecule has 4 rings (SSSR count). The van der Waals surface area contributed by atoms with E-state index in [1.807, 2.05) is 10.6 Å². The molecule has 0 amide bonds. The first-order valence-electron chi connectivity index (χ1n) is 7.84. The summed E-state index contributed by atoms with van der Waals surface area (Å²) in [5.41, 5.74) is 2.49. The molecule has 0 N–H and O–H groups in total. The van der Waals surface area contributed by atoms with Gasteiger partial charge in [-0.05, 0) is 25.2 Å². The van der Waals surface area contributed by atoms with Crippen LogP contribution in [-0.2, 0) is 0 Å². The van der Waals surface area contributed by atoms with Crippen molar-refractivity contribution in [1.82, 2.24) is 19.3 Å². The molecule has 1 fully saturated rings. The fourth-order valence-corrected chi connectivity index (χ4v) is 3.20. The number of fused-ring (bicyclic) bond motifs is 1. The van der Waals surface area contributed by atoms with Crippen LogP contribution >= 0.6 is 11.6 Å². The van der Waals surface area contributed by atoms with Crippen molar-refractivity contribution in [2.45, 2.75) is 0 Å². The quantitative estimate of drug-likeness (QED) is 0.715. The number of hydrogen-bond donors (Lipinski definition) is 0. The van der Waals surface area contributed by atoms with E-state index in [1.165, 1.54) is 6.07 Å². The highest BCUT2D eigenvalue weighted by Gasteiger charge is 2.19. The van der Waals surface area contributed by atoms with Crippen molar-refractivity contribution >= 4 is 23.1 Å². The molecular weight excluding hydrogens is 329 g/mol. The SMILES string of the molecule is CN1CCN(c2nccn3c(-c4ccc(F)c(Cl)c4)cnc23)CC1. The maximum atomic E-state index is 13.4. The Morgan fingerprint density at radius 2 is 1.92 bits per heavy atom. The van der Waals surface area contributed by atoms with Gasteiger partial charge in [0.1, 0.15) is 5.82 Å². The molecule has 3 heterocycles. The third-order valence-corrected chi connectivity index (χ3v) is 4.72. The van der Waals surface area contributed by atoms with Crippen LogP contribution in [0.4, 0.5) is 10.2 Å². The topological polar surface area (TPSA) is 36.7 Å². The number of anilines is 1. The Labute approximate surface area is 144 Å². The average Bonchev–Trinajstić information content (AvgIpc) is 3.02. The molecule has 0 spiro atoms. The van der Waals surface area contributed by atoms with E-state index in [2.05, 4.69) is 26.8 Å². The van der Waals surface area contributed by atoms with Gasteiger partial charge in [0.2, 0.25) is 0 Å². The summed E-state index contributed by atoms with van der Waals surface area (Å²) in [6, 6.07) is 4.70. The maximum absolute atomic E-state index is 13.4. The highest BCUT2D eigenvalue weighted by molar-refractivity contribution is 6.31. The molecule has 1 saturated heterocycles. The van der Waals surface area contributed by atoms with E-state index in [0.717, 1.165) is 48.9 Å². The van der Waals surface area contributed by atoms with Gasteiger partial charge in [0.15, 0.2) is 11.5 Å². The molecule has 0 aliphatic carbocycles. The second-order valence-electron chi connectivity index (χ2n) is 6.01. The number of piperazine rings is 1. The predicted octanol–water partition coefficient (Wildman–Crippen LogP) is 2.94. The normalized spacial score (nSPS) is 16.0. The smallest absolute Gasteiger partial charge is 0.180 e. The lowest BCUT2D eigenvalue weighted by Gasteiger charge is -2.33. The van der Waals surface area contributed by atoms with Gasteiger partial charge in [-0.15, -0.1) is 0 Å². The first-order chi connectivity index (χ1) is 11.6. The average molecular weight is 346 g/mol. The number of aromatic nitrogens is 3. The summed E-state index contributed by atoms with van der Waals surface area (Å²) in [7, 11) is 2.12. The second kappa shape index (κ2) is 6.03. The van der Waals surface area contributed by atoms with Crippen molar-refractivity contribution in [2.75, 3.05) is 38.1 Å². The molecular formula is C17H17ClFN5. The fraction of sp³-hybridized carbons (Fsp3) is 0.294. The van der Waals surface area contributed by atoms with Gasteiger partial charge >= 0.3 is 0 Å². The molecule has 5 nitrogen and oxygen atoms in total. The van der Waals surface area contributed by atoms with E-state index in [-0.39, 0.29) is 5.02 Å². The molecule has 3 aromatic rings. The molecule has 2 aromatic heterocycles. The summed E-state index contributed by atoms with van der Waals surface area (Å²) >= 11 is 5.92. The number of halogens is 2. The van der Waals surface area contributed by atoms with Crippen molar-refractivity contribution < 1.29 is 4.39 Å². The van der Waals surface area contributed by atoms with Crippen LogP contribution in [0, 0.1) is 5.82 Å². The molecule has 0 radical (unpaired) electrons. The number of rotatable bonds is 2. The summed E-state index contributed by atoms with van der Waals surface area (Å²) in [6.45, 7) is 3.86. The van der Waals surface area contributed by atoms with Gasteiger partial charge in [0.25, 0.3) is 0 Å².